The standard InChI is InChI=1S/C16H12FN3OS/c17-13-5-3-11(4-6-13)8-19-15(21)14-10-22-16(20-14)12-2-1-7-18-9-12/h1-7,9-10H,8H2,(H,19,21). The number of amides is 1. The Bertz CT molecular complexity index is 772. The van der Waals surface area contributed by atoms with Gasteiger partial charge in [-0.05, 0) is 29.8 Å². The fourth-order valence-electron chi connectivity index (χ4n) is 1.88. The Kier molecular flexibility index (Phi) is 4.20. The van der Waals surface area contributed by atoms with E-state index in [0.29, 0.717) is 12.2 Å². The van der Waals surface area contributed by atoms with Crippen molar-refractivity contribution in [2.24, 2.45) is 0 Å². The van der Waals surface area contributed by atoms with Crippen molar-refractivity contribution in [1.29, 1.82) is 0 Å². The Labute approximate surface area is 130 Å². The minimum atomic E-state index is -0.296. The van der Waals surface area contributed by atoms with Gasteiger partial charge in [0, 0.05) is 29.9 Å². The molecule has 0 spiro atoms. The zero-order chi connectivity index (χ0) is 15.4. The van der Waals surface area contributed by atoms with Crippen molar-refractivity contribution < 1.29 is 9.18 Å². The third-order valence-electron chi connectivity index (χ3n) is 3.01. The Morgan fingerprint density at radius 3 is 2.77 bits per heavy atom. The number of benzene rings is 1. The molecule has 22 heavy (non-hydrogen) atoms. The van der Waals surface area contributed by atoms with E-state index in [4.69, 9.17) is 0 Å². The number of hydrogen-bond donors (Lipinski definition) is 1. The van der Waals surface area contributed by atoms with E-state index in [1.165, 1.54) is 23.5 Å². The highest BCUT2D eigenvalue weighted by molar-refractivity contribution is 7.13. The van der Waals surface area contributed by atoms with Crippen LogP contribution >= 0.6 is 11.3 Å². The summed E-state index contributed by atoms with van der Waals surface area (Å²) in [5.74, 6) is -0.550. The number of hydrogen-bond acceptors (Lipinski definition) is 4. The molecule has 0 fully saturated rings. The number of thiazole rings is 1. The topological polar surface area (TPSA) is 54.9 Å². The molecule has 2 heterocycles. The zero-order valence-corrected chi connectivity index (χ0v) is 12.3. The normalized spacial score (nSPS) is 10.4. The lowest BCUT2D eigenvalue weighted by atomic mass is 10.2. The fourth-order valence-corrected chi connectivity index (χ4v) is 2.67. The van der Waals surface area contributed by atoms with E-state index in [2.05, 4.69) is 15.3 Å². The third kappa shape index (κ3) is 3.35. The Morgan fingerprint density at radius 1 is 1.23 bits per heavy atom. The maximum absolute atomic E-state index is 12.8. The minimum absolute atomic E-state index is 0.254. The van der Waals surface area contributed by atoms with Crippen LogP contribution in [0.2, 0.25) is 0 Å². The first-order valence-electron chi connectivity index (χ1n) is 6.61. The van der Waals surface area contributed by atoms with E-state index < -0.39 is 0 Å². The van der Waals surface area contributed by atoms with E-state index >= 15 is 0 Å². The van der Waals surface area contributed by atoms with Crippen molar-refractivity contribution in [3.05, 3.63) is 71.2 Å². The van der Waals surface area contributed by atoms with Gasteiger partial charge >= 0.3 is 0 Å². The second kappa shape index (κ2) is 6.44. The summed E-state index contributed by atoms with van der Waals surface area (Å²) in [4.78, 5) is 20.4. The largest absolute Gasteiger partial charge is 0.347 e. The molecule has 4 nitrogen and oxygen atoms in total. The number of halogens is 1. The summed E-state index contributed by atoms with van der Waals surface area (Å²) in [6, 6.07) is 9.72. The van der Waals surface area contributed by atoms with Crippen molar-refractivity contribution in [2.45, 2.75) is 6.54 Å². The van der Waals surface area contributed by atoms with Crippen molar-refractivity contribution in [1.82, 2.24) is 15.3 Å². The van der Waals surface area contributed by atoms with Crippen LogP contribution < -0.4 is 5.32 Å². The smallest absolute Gasteiger partial charge is 0.271 e. The number of carbonyl (C=O) groups is 1. The van der Waals surface area contributed by atoms with Gasteiger partial charge in [-0.1, -0.05) is 12.1 Å². The van der Waals surface area contributed by atoms with Gasteiger partial charge in [-0.2, -0.15) is 0 Å². The predicted molar refractivity (Wildman–Crippen MR) is 82.9 cm³/mol. The second-order valence-corrected chi connectivity index (χ2v) is 5.45. The summed E-state index contributed by atoms with van der Waals surface area (Å²) in [6.07, 6.45) is 3.40. The number of pyridine rings is 1. The predicted octanol–water partition coefficient (Wildman–Crippen LogP) is 3.27. The molecule has 3 aromatic rings. The number of rotatable bonds is 4. The maximum atomic E-state index is 12.8. The molecule has 1 amide bonds. The molecule has 0 saturated heterocycles. The lowest BCUT2D eigenvalue weighted by Gasteiger charge is -2.03. The molecule has 0 aliphatic heterocycles. The summed E-state index contributed by atoms with van der Waals surface area (Å²) in [5, 5.41) is 5.23. The Balaban J connectivity index is 1.66. The van der Waals surface area contributed by atoms with E-state index in [1.54, 1.807) is 29.9 Å². The molecule has 0 atom stereocenters. The highest BCUT2D eigenvalue weighted by Crippen LogP contribution is 2.22. The molecule has 0 unspecified atom stereocenters. The van der Waals surface area contributed by atoms with Crippen molar-refractivity contribution >= 4 is 17.2 Å². The molecule has 0 radical (unpaired) electrons. The fraction of sp³-hybridized carbons (Fsp3) is 0.0625. The zero-order valence-electron chi connectivity index (χ0n) is 11.5. The molecule has 2 aromatic heterocycles. The van der Waals surface area contributed by atoms with Gasteiger partial charge in [0.05, 0.1) is 0 Å². The van der Waals surface area contributed by atoms with Gasteiger partial charge in [-0.3, -0.25) is 9.78 Å². The van der Waals surface area contributed by atoms with Crippen LogP contribution in [-0.4, -0.2) is 15.9 Å². The molecule has 3 rings (SSSR count). The van der Waals surface area contributed by atoms with E-state index in [0.717, 1.165) is 16.1 Å². The van der Waals surface area contributed by atoms with E-state index in [-0.39, 0.29) is 11.7 Å². The molecule has 110 valence electrons. The monoisotopic (exact) mass is 313 g/mol. The molecule has 6 heteroatoms. The molecule has 0 aliphatic carbocycles. The highest BCUT2D eigenvalue weighted by Gasteiger charge is 2.11. The van der Waals surface area contributed by atoms with Crippen LogP contribution in [0, 0.1) is 5.82 Å². The van der Waals surface area contributed by atoms with Crippen LogP contribution in [0.3, 0.4) is 0 Å². The lowest BCUT2D eigenvalue weighted by molar-refractivity contribution is 0.0946. The molecular weight excluding hydrogens is 301 g/mol. The van der Waals surface area contributed by atoms with Crippen molar-refractivity contribution in [2.75, 3.05) is 0 Å². The van der Waals surface area contributed by atoms with Crippen LogP contribution in [-0.2, 0) is 6.54 Å². The minimum Gasteiger partial charge on any atom is -0.347 e. The van der Waals surface area contributed by atoms with Crippen molar-refractivity contribution in [3.63, 3.8) is 0 Å². The van der Waals surface area contributed by atoms with E-state index in [9.17, 15) is 9.18 Å². The van der Waals surface area contributed by atoms with Gasteiger partial charge in [0.2, 0.25) is 0 Å². The first kappa shape index (κ1) is 14.3. The Morgan fingerprint density at radius 2 is 2.05 bits per heavy atom. The van der Waals surface area contributed by atoms with Crippen LogP contribution in [0.5, 0.6) is 0 Å². The molecule has 0 saturated carbocycles. The quantitative estimate of drug-likeness (QED) is 0.804. The summed E-state index contributed by atoms with van der Waals surface area (Å²) in [7, 11) is 0. The molecule has 1 aromatic carbocycles. The summed E-state index contributed by atoms with van der Waals surface area (Å²) in [6.45, 7) is 0.332. The van der Waals surface area contributed by atoms with Crippen molar-refractivity contribution in [3.8, 4) is 10.6 Å². The van der Waals surface area contributed by atoms with Gasteiger partial charge in [0.1, 0.15) is 16.5 Å². The number of carbonyl (C=O) groups excluding carboxylic acids is 1. The third-order valence-corrected chi connectivity index (χ3v) is 3.90. The van der Waals surface area contributed by atoms with Crippen LogP contribution in [0.25, 0.3) is 10.6 Å². The van der Waals surface area contributed by atoms with Gasteiger partial charge in [-0.25, -0.2) is 9.37 Å². The second-order valence-electron chi connectivity index (χ2n) is 4.59. The summed E-state index contributed by atoms with van der Waals surface area (Å²) >= 11 is 1.39. The first-order valence-corrected chi connectivity index (χ1v) is 7.49. The van der Waals surface area contributed by atoms with Gasteiger partial charge in [-0.15, -0.1) is 11.3 Å². The number of nitrogens with zero attached hydrogens (tertiary/aromatic N) is 2. The van der Waals surface area contributed by atoms with Crippen LogP contribution in [0.4, 0.5) is 4.39 Å². The number of aromatic nitrogens is 2. The van der Waals surface area contributed by atoms with Gasteiger partial charge < -0.3 is 5.32 Å². The van der Waals surface area contributed by atoms with Crippen LogP contribution in [0.1, 0.15) is 16.1 Å². The van der Waals surface area contributed by atoms with Gasteiger partial charge in [0.25, 0.3) is 5.91 Å². The van der Waals surface area contributed by atoms with E-state index in [1.807, 2.05) is 12.1 Å². The highest BCUT2D eigenvalue weighted by atomic mass is 32.1. The Hall–Kier alpha value is -2.60. The average molecular weight is 313 g/mol. The summed E-state index contributed by atoms with van der Waals surface area (Å²) in [5.41, 5.74) is 2.08. The molecule has 0 aliphatic rings. The summed E-state index contributed by atoms with van der Waals surface area (Å²) < 4.78 is 12.8. The molecule has 1 N–H and O–H groups in total. The SMILES string of the molecule is O=C(NCc1ccc(F)cc1)c1csc(-c2cccnc2)n1. The first-order chi connectivity index (χ1) is 10.7. The number of nitrogens with one attached hydrogen (secondary N) is 1. The lowest BCUT2D eigenvalue weighted by Crippen LogP contribution is -2.23. The molecular formula is C16H12FN3OS. The average Bonchev–Trinajstić information content (AvgIpc) is 3.05. The van der Waals surface area contributed by atoms with Gasteiger partial charge in [0.15, 0.2) is 0 Å². The van der Waals surface area contributed by atoms with Crippen LogP contribution in [0.15, 0.2) is 54.2 Å². The maximum Gasteiger partial charge on any atom is 0.271 e. The molecule has 0 bridgehead atoms.